The lowest BCUT2D eigenvalue weighted by atomic mass is 9.92. The molecule has 0 bridgehead atoms. The Morgan fingerprint density at radius 1 is 1.12 bits per heavy atom. The number of aliphatic hydroxyl groups is 1. The molecule has 0 fully saturated rings. The summed E-state index contributed by atoms with van der Waals surface area (Å²) in [7, 11) is 0. The average Bonchev–Trinajstić information content (AvgIpc) is 2.52. The summed E-state index contributed by atoms with van der Waals surface area (Å²) in [5.41, 5.74) is 0.578. The number of carbonyl (C=O) groups excluding carboxylic acids is 1. The maximum Gasteiger partial charge on any atom is 0.174 e. The lowest BCUT2D eigenvalue weighted by Gasteiger charge is -2.26. The molecule has 0 saturated heterocycles. The van der Waals surface area contributed by atoms with E-state index in [2.05, 4.69) is 0 Å². The first-order chi connectivity index (χ1) is 12.1. The molecule has 0 aliphatic carbocycles. The highest BCUT2D eigenvalue weighted by Gasteiger charge is 2.31. The summed E-state index contributed by atoms with van der Waals surface area (Å²) >= 11 is 0. The number of ether oxygens (including phenoxy) is 1. The second-order valence-electron chi connectivity index (χ2n) is 7.27. The van der Waals surface area contributed by atoms with E-state index in [4.69, 9.17) is 4.74 Å². The van der Waals surface area contributed by atoms with Gasteiger partial charge in [-0.1, -0.05) is 6.07 Å². The highest BCUT2D eigenvalue weighted by molar-refractivity contribution is 6.02. The molecule has 1 atom stereocenters. The first-order valence-corrected chi connectivity index (χ1v) is 8.44. The highest BCUT2D eigenvalue weighted by Crippen LogP contribution is 2.42. The summed E-state index contributed by atoms with van der Waals surface area (Å²) < 4.78 is 5.82. The predicted molar refractivity (Wildman–Crippen MR) is 94.8 cm³/mol. The number of Topliss-reactive ketones (excluding diaryl/α,β-unsaturated/α-hetero) is 1. The van der Waals surface area contributed by atoms with Crippen molar-refractivity contribution in [3.63, 3.8) is 0 Å². The molecule has 26 heavy (non-hydrogen) atoms. The van der Waals surface area contributed by atoms with E-state index in [0.29, 0.717) is 24.0 Å². The number of benzene rings is 2. The van der Waals surface area contributed by atoms with Crippen LogP contribution in [0.2, 0.25) is 0 Å². The molecule has 0 amide bonds. The van der Waals surface area contributed by atoms with Gasteiger partial charge >= 0.3 is 0 Å². The van der Waals surface area contributed by atoms with Gasteiger partial charge in [0.15, 0.2) is 5.78 Å². The lowest BCUT2D eigenvalue weighted by molar-refractivity contribution is 0.0712. The number of aryl methyl sites for hydroxylation is 1. The second kappa shape index (κ2) is 6.53. The number of carbonyl (C=O) groups is 1. The predicted octanol–water partition coefficient (Wildman–Crippen LogP) is 3.21. The van der Waals surface area contributed by atoms with Crippen LogP contribution in [0.5, 0.6) is 23.0 Å². The molecule has 1 unspecified atom stereocenters. The summed E-state index contributed by atoms with van der Waals surface area (Å²) in [6.45, 7) is 3.40. The highest BCUT2D eigenvalue weighted by atomic mass is 16.5. The van der Waals surface area contributed by atoms with E-state index in [1.165, 1.54) is 6.07 Å². The number of aromatic hydroxyl groups is 3. The van der Waals surface area contributed by atoms with E-state index in [0.717, 1.165) is 6.07 Å². The minimum atomic E-state index is -0.853. The first-order valence-electron chi connectivity index (χ1n) is 8.44. The Hall–Kier alpha value is -2.73. The molecule has 0 radical (unpaired) electrons. The summed E-state index contributed by atoms with van der Waals surface area (Å²) in [5.74, 6) is -0.517. The number of hydrogen-bond donors (Lipinski definition) is 4. The van der Waals surface area contributed by atoms with Crippen molar-refractivity contribution in [2.45, 2.75) is 44.8 Å². The van der Waals surface area contributed by atoms with Crippen LogP contribution >= 0.6 is 0 Å². The van der Waals surface area contributed by atoms with Crippen molar-refractivity contribution >= 4 is 5.78 Å². The fourth-order valence-electron chi connectivity index (χ4n) is 3.06. The van der Waals surface area contributed by atoms with Crippen molar-refractivity contribution < 1.29 is 30.0 Å². The van der Waals surface area contributed by atoms with Gasteiger partial charge in [-0.3, -0.25) is 4.79 Å². The Morgan fingerprint density at radius 2 is 1.85 bits per heavy atom. The van der Waals surface area contributed by atoms with Gasteiger partial charge in [-0.05, 0) is 49.9 Å². The number of fused-ring (bicyclic) bond motifs is 1. The van der Waals surface area contributed by atoms with E-state index >= 15 is 0 Å². The van der Waals surface area contributed by atoms with Gasteiger partial charge in [-0.25, -0.2) is 0 Å². The fraction of sp³-hybridized carbons (Fsp3) is 0.350. The van der Waals surface area contributed by atoms with Crippen LogP contribution in [-0.4, -0.2) is 31.8 Å². The smallest absolute Gasteiger partial charge is 0.174 e. The second-order valence-corrected chi connectivity index (χ2v) is 7.27. The third-order valence-electron chi connectivity index (χ3n) is 4.47. The van der Waals surface area contributed by atoms with Crippen LogP contribution in [0.25, 0.3) is 0 Å². The van der Waals surface area contributed by atoms with Crippen molar-refractivity contribution in [2.75, 3.05) is 0 Å². The third-order valence-corrected chi connectivity index (χ3v) is 4.47. The van der Waals surface area contributed by atoms with Gasteiger partial charge in [0.2, 0.25) is 0 Å². The van der Waals surface area contributed by atoms with Gasteiger partial charge in [-0.15, -0.1) is 0 Å². The molecule has 0 saturated carbocycles. The van der Waals surface area contributed by atoms with Crippen molar-refractivity contribution in [3.05, 3.63) is 47.0 Å². The summed E-state index contributed by atoms with van der Waals surface area (Å²) in [6.07, 6.45) is 0.403. The third kappa shape index (κ3) is 3.75. The minimum absolute atomic E-state index is 0.0427. The summed E-state index contributed by atoms with van der Waals surface area (Å²) in [5, 5.41) is 39.4. The Balaban J connectivity index is 1.89. The molecule has 1 aliphatic heterocycles. The molecule has 0 spiro atoms. The summed E-state index contributed by atoms with van der Waals surface area (Å²) in [4.78, 5) is 12.4. The molecule has 2 aromatic carbocycles. The fourth-order valence-corrected chi connectivity index (χ4v) is 3.06. The molecule has 6 nitrogen and oxygen atoms in total. The molecule has 1 heterocycles. The molecular formula is C20H22O6. The topological polar surface area (TPSA) is 107 Å². The van der Waals surface area contributed by atoms with E-state index in [1.807, 2.05) is 0 Å². The van der Waals surface area contributed by atoms with E-state index in [1.54, 1.807) is 32.0 Å². The molecule has 2 aromatic rings. The maximum absolute atomic E-state index is 12.4. The molecule has 138 valence electrons. The number of phenolic OH excluding ortho intramolecular Hbond substituents is 3. The van der Waals surface area contributed by atoms with Gasteiger partial charge in [-0.2, -0.15) is 0 Å². The van der Waals surface area contributed by atoms with Crippen molar-refractivity contribution in [1.82, 2.24) is 0 Å². The molecule has 6 heteroatoms. The van der Waals surface area contributed by atoms with Crippen LogP contribution < -0.4 is 4.74 Å². The zero-order valence-electron chi connectivity index (χ0n) is 14.7. The maximum atomic E-state index is 12.4. The number of rotatable bonds is 4. The minimum Gasteiger partial charge on any atom is -0.508 e. The molecular weight excluding hydrogens is 336 g/mol. The standard InChI is InChI=1S/C20H22O6/c1-20(2,25)6-5-11-7-12(3-4-14(11)22)17-10-16(24)19-15(23)8-13(21)9-18(19)26-17/h3-4,7-9,17,21-23,25H,5-6,10H2,1-2H3. The van der Waals surface area contributed by atoms with Gasteiger partial charge in [0, 0.05) is 12.1 Å². The number of hydrogen-bond acceptors (Lipinski definition) is 6. The molecule has 1 aliphatic rings. The van der Waals surface area contributed by atoms with E-state index in [9.17, 15) is 25.2 Å². The van der Waals surface area contributed by atoms with E-state index in [-0.39, 0.29) is 40.8 Å². The van der Waals surface area contributed by atoms with Crippen LogP contribution in [-0.2, 0) is 6.42 Å². The molecule has 4 N–H and O–H groups in total. The Labute approximate surface area is 151 Å². The van der Waals surface area contributed by atoms with Crippen LogP contribution in [0.1, 0.15) is 54.3 Å². The van der Waals surface area contributed by atoms with Gasteiger partial charge in [0.05, 0.1) is 12.0 Å². The van der Waals surface area contributed by atoms with Crippen molar-refractivity contribution in [3.8, 4) is 23.0 Å². The first kappa shape index (κ1) is 18.1. The number of phenols is 3. The number of ketones is 1. The monoisotopic (exact) mass is 358 g/mol. The van der Waals surface area contributed by atoms with Crippen LogP contribution in [0.3, 0.4) is 0 Å². The Morgan fingerprint density at radius 3 is 2.54 bits per heavy atom. The summed E-state index contributed by atoms with van der Waals surface area (Å²) in [6, 6.07) is 7.38. The van der Waals surface area contributed by atoms with Crippen molar-refractivity contribution in [1.29, 1.82) is 0 Å². The Kier molecular flexibility index (Phi) is 4.54. The largest absolute Gasteiger partial charge is 0.508 e. The van der Waals surface area contributed by atoms with Crippen LogP contribution in [0, 0.1) is 0 Å². The quantitative estimate of drug-likeness (QED) is 0.668. The molecule has 0 aromatic heterocycles. The normalized spacial score (nSPS) is 16.9. The SMILES string of the molecule is CC(C)(O)CCc1cc(C2CC(=O)c3c(O)cc(O)cc3O2)ccc1O. The zero-order valence-corrected chi connectivity index (χ0v) is 14.7. The lowest BCUT2D eigenvalue weighted by Crippen LogP contribution is -2.21. The van der Waals surface area contributed by atoms with Gasteiger partial charge < -0.3 is 25.2 Å². The van der Waals surface area contributed by atoms with Gasteiger partial charge in [0.25, 0.3) is 0 Å². The Bertz CT molecular complexity index is 850. The van der Waals surface area contributed by atoms with Crippen LogP contribution in [0.4, 0.5) is 0 Å². The van der Waals surface area contributed by atoms with E-state index < -0.39 is 11.7 Å². The zero-order chi connectivity index (χ0) is 19.1. The van der Waals surface area contributed by atoms with Gasteiger partial charge in [0.1, 0.15) is 34.7 Å². The average molecular weight is 358 g/mol. The molecule has 3 rings (SSSR count). The van der Waals surface area contributed by atoms with Crippen LogP contribution in [0.15, 0.2) is 30.3 Å². The van der Waals surface area contributed by atoms with Crippen molar-refractivity contribution in [2.24, 2.45) is 0 Å².